The Morgan fingerprint density at radius 3 is 2.50 bits per heavy atom. The molecular formula is C20H27N3O3. The van der Waals surface area contributed by atoms with Gasteiger partial charge in [0.25, 0.3) is 0 Å². The number of likely N-dealkylation sites (tertiary alicyclic amines) is 1. The molecule has 6 heteroatoms. The molecule has 6 nitrogen and oxygen atoms in total. The molecule has 1 aliphatic heterocycles. The summed E-state index contributed by atoms with van der Waals surface area (Å²) in [5.41, 5.74) is 2.37. The first-order valence-electron chi connectivity index (χ1n) is 9.50. The van der Waals surface area contributed by atoms with Gasteiger partial charge in [-0.1, -0.05) is 6.07 Å². The molecular weight excluding hydrogens is 330 g/mol. The zero-order valence-corrected chi connectivity index (χ0v) is 15.5. The summed E-state index contributed by atoms with van der Waals surface area (Å²) in [4.78, 5) is 26.4. The van der Waals surface area contributed by atoms with Gasteiger partial charge in [-0.05, 0) is 67.6 Å². The predicted molar refractivity (Wildman–Crippen MR) is 100 cm³/mol. The lowest BCUT2D eigenvalue weighted by Crippen LogP contribution is -2.34. The van der Waals surface area contributed by atoms with Crippen molar-refractivity contribution in [2.24, 2.45) is 23.7 Å². The standard InChI is InChI=1S/C20H27N3O3/c1-12-3-6-15(21-19(24)11-26-2)8-18(12)22-20(25)23-9-16-13-4-5-14(7-13)17(16)10-23/h3,6,8,13-14,16-17H,4-5,7,9-11H2,1-2H3,(H,21,24)(H,22,25). The Labute approximate surface area is 154 Å². The van der Waals surface area contributed by atoms with E-state index in [-0.39, 0.29) is 18.5 Å². The topological polar surface area (TPSA) is 70.7 Å². The minimum atomic E-state index is -0.212. The van der Waals surface area contributed by atoms with Crippen molar-refractivity contribution in [3.63, 3.8) is 0 Å². The number of urea groups is 1. The first-order valence-corrected chi connectivity index (χ1v) is 9.50. The van der Waals surface area contributed by atoms with Crippen LogP contribution in [0, 0.1) is 30.6 Å². The van der Waals surface area contributed by atoms with Crippen molar-refractivity contribution in [3.8, 4) is 0 Å². The van der Waals surface area contributed by atoms with E-state index in [9.17, 15) is 9.59 Å². The third-order valence-electron chi connectivity index (χ3n) is 6.46. The van der Waals surface area contributed by atoms with Crippen LogP contribution in [0.2, 0.25) is 0 Å². The molecule has 3 aliphatic rings. The van der Waals surface area contributed by atoms with E-state index in [1.54, 1.807) is 6.07 Å². The molecule has 1 heterocycles. The molecule has 0 aromatic heterocycles. The quantitative estimate of drug-likeness (QED) is 0.870. The van der Waals surface area contributed by atoms with E-state index in [1.165, 1.54) is 26.4 Å². The van der Waals surface area contributed by atoms with Gasteiger partial charge >= 0.3 is 6.03 Å². The first kappa shape index (κ1) is 17.3. The zero-order chi connectivity index (χ0) is 18.3. The summed E-state index contributed by atoms with van der Waals surface area (Å²) < 4.78 is 4.83. The number of anilines is 2. The number of nitrogens with zero attached hydrogens (tertiary/aromatic N) is 1. The van der Waals surface area contributed by atoms with Crippen LogP contribution in [0.25, 0.3) is 0 Å². The molecule has 0 radical (unpaired) electrons. The summed E-state index contributed by atoms with van der Waals surface area (Å²) in [7, 11) is 1.48. The van der Waals surface area contributed by atoms with E-state index in [0.29, 0.717) is 17.5 Å². The highest BCUT2D eigenvalue weighted by Gasteiger charge is 2.52. The fourth-order valence-electron chi connectivity index (χ4n) is 5.20. The zero-order valence-electron chi connectivity index (χ0n) is 15.5. The molecule has 2 aliphatic carbocycles. The highest BCUT2D eigenvalue weighted by Crippen LogP contribution is 2.55. The van der Waals surface area contributed by atoms with Crippen molar-refractivity contribution in [1.29, 1.82) is 0 Å². The number of nitrogens with one attached hydrogen (secondary N) is 2. The predicted octanol–water partition coefficient (Wildman–Crippen LogP) is 3.09. The van der Waals surface area contributed by atoms with Gasteiger partial charge in [-0.3, -0.25) is 4.79 Å². The summed E-state index contributed by atoms with van der Waals surface area (Å²) in [5.74, 6) is 2.88. The van der Waals surface area contributed by atoms with E-state index >= 15 is 0 Å². The number of hydrogen-bond donors (Lipinski definition) is 2. The van der Waals surface area contributed by atoms with E-state index in [2.05, 4.69) is 10.6 Å². The molecule has 1 aromatic rings. The van der Waals surface area contributed by atoms with Crippen LogP contribution >= 0.6 is 0 Å². The van der Waals surface area contributed by atoms with E-state index < -0.39 is 0 Å². The lowest BCUT2D eigenvalue weighted by Gasteiger charge is -2.22. The maximum absolute atomic E-state index is 12.8. The summed E-state index contributed by atoms with van der Waals surface area (Å²) in [5, 5.41) is 5.82. The second kappa shape index (κ2) is 6.91. The third-order valence-corrected chi connectivity index (χ3v) is 6.46. The average Bonchev–Trinajstić information content (AvgIpc) is 3.30. The Kier molecular flexibility index (Phi) is 4.61. The van der Waals surface area contributed by atoms with Crippen LogP contribution in [-0.2, 0) is 9.53 Å². The Morgan fingerprint density at radius 1 is 1.15 bits per heavy atom. The van der Waals surface area contributed by atoms with Crippen LogP contribution in [0.3, 0.4) is 0 Å². The Hall–Kier alpha value is -2.08. The minimum Gasteiger partial charge on any atom is -0.375 e. The molecule has 3 fully saturated rings. The van der Waals surface area contributed by atoms with Crippen molar-refractivity contribution in [3.05, 3.63) is 23.8 Å². The molecule has 1 aromatic carbocycles. The number of benzene rings is 1. The number of fused-ring (bicyclic) bond motifs is 5. The van der Waals surface area contributed by atoms with Gasteiger partial charge in [0.1, 0.15) is 6.61 Å². The second-order valence-electron chi connectivity index (χ2n) is 8.01. The molecule has 1 saturated heterocycles. The largest absolute Gasteiger partial charge is 0.375 e. The normalized spacial score (nSPS) is 28.9. The summed E-state index contributed by atoms with van der Waals surface area (Å²) in [6, 6.07) is 5.51. The van der Waals surface area contributed by atoms with E-state index in [4.69, 9.17) is 4.74 Å². The molecule has 2 N–H and O–H groups in total. The monoisotopic (exact) mass is 357 g/mol. The summed E-state index contributed by atoms with van der Waals surface area (Å²) in [6.07, 6.45) is 4.08. The Balaban J connectivity index is 1.40. The number of aryl methyl sites for hydroxylation is 1. The number of ether oxygens (including phenoxy) is 1. The van der Waals surface area contributed by atoms with Crippen LogP contribution < -0.4 is 10.6 Å². The molecule has 2 bridgehead atoms. The highest BCUT2D eigenvalue weighted by molar-refractivity contribution is 5.94. The number of methoxy groups -OCH3 is 1. The lowest BCUT2D eigenvalue weighted by atomic mass is 9.82. The maximum Gasteiger partial charge on any atom is 0.321 e. The van der Waals surface area contributed by atoms with Crippen LogP contribution in [-0.4, -0.2) is 43.6 Å². The van der Waals surface area contributed by atoms with Crippen LogP contribution in [0.1, 0.15) is 24.8 Å². The van der Waals surface area contributed by atoms with Gasteiger partial charge in [0.05, 0.1) is 0 Å². The SMILES string of the molecule is COCC(=O)Nc1ccc(C)c(NC(=O)N2CC3C4CCC(C4)C3C2)c1. The van der Waals surface area contributed by atoms with Crippen molar-refractivity contribution in [2.45, 2.75) is 26.2 Å². The number of carbonyl (C=O) groups is 2. The molecule has 4 atom stereocenters. The minimum absolute atomic E-state index is 0.00839. The van der Waals surface area contributed by atoms with Gasteiger partial charge in [0, 0.05) is 31.6 Å². The van der Waals surface area contributed by atoms with Crippen molar-refractivity contribution in [1.82, 2.24) is 4.90 Å². The molecule has 2 saturated carbocycles. The van der Waals surface area contributed by atoms with Crippen LogP contribution in [0.4, 0.5) is 16.2 Å². The molecule has 0 spiro atoms. The molecule has 3 amide bonds. The van der Waals surface area contributed by atoms with Gasteiger partial charge in [-0.15, -0.1) is 0 Å². The van der Waals surface area contributed by atoms with Gasteiger partial charge in [0.2, 0.25) is 5.91 Å². The Morgan fingerprint density at radius 2 is 1.85 bits per heavy atom. The number of hydrogen-bond acceptors (Lipinski definition) is 3. The summed E-state index contributed by atoms with van der Waals surface area (Å²) >= 11 is 0. The number of rotatable bonds is 4. The van der Waals surface area contributed by atoms with Crippen molar-refractivity contribution >= 4 is 23.3 Å². The lowest BCUT2D eigenvalue weighted by molar-refractivity contribution is -0.119. The van der Waals surface area contributed by atoms with E-state index in [0.717, 1.165) is 36.2 Å². The van der Waals surface area contributed by atoms with Crippen LogP contribution in [0.5, 0.6) is 0 Å². The van der Waals surface area contributed by atoms with Crippen LogP contribution in [0.15, 0.2) is 18.2 Å². The van der Waals surface area contributed by atoms with Crippen molar-refractivity contribution < 1.29 is 14.3 Å². The Bertz CT molecular complexity index is 702. The number of amides is 3. The number of carbonyl (C=O) groups excluding carboxylic acids is 2. The van der Waals surface area contributed by atoms with Gasteiger partial charge in [-0.2, -0.15) is 0 Å². The van der Waals surface area contributed by atoms with Gasteiger partial charge in [0.15, 0.2) is 0 Å². The first-order chi connectivity index (χ1) is 12.5. The van der Waals surface area contributed by atoms with Gasteiger partial charge < -0.3 is 20.3 Å². The second-order valence-corrected chi connectivity index (χ2v) is 8.01. The summed E-state index contributed by atoms with van der Waals surface area (Å²) in [6.45, 7) is 3.74. The smallest absolute Gasteiger partial charge is 0.321 e. The van der Waals surface area contributed by atoms with E-state index in [1.807, 2.05) is 24.0 Å². The molecule has 140 valence electrons. The fourth-order valence-corrected chi connectivity index (χ4v) is 5.20. The molecule has 26 heavy (non-hydrogen) atoms. The third kappa shape index (κ3) is 3.18. The van der Waals surface area contributed by atoms with Crippen molar-refractivity contribution in [2.75, 3.05) is 37.4 Å². The average molecular weight is 357 g/mol. The molecule has 4 unspecified atom stereocenters. The highest BCUT2D eigenvalue weighted by atomic mass is 16.5. The fraction of sp³-hybridized carbons (Fsp3) is 0.600. The van der Waals surface area contributed by atoms with Gasteiger partial charge in [-0.25, -0.2) is 4.79 Å². The molecule has 4 rings (SSSR count). The maximum atomic E-state index is 12.8.